The molecule has 0 bridgehead atoms. The number of anilines is 1. The van der Waals surface area contributed by atoms with Gasteiger partial charge in [0.2, 0.25) is 5.78 Å². The molecule has 0 aliphatic carbocycles. The highest BCUT2D eigenvalue weighted by molar-refractivity contribution is 6.31. The van der Waals surface area contributed by atoms with Crippen molar-refractivity contribution in [3.05, 3.63) is 111 Å². The van der Waals surface area contributed by atoms with Crippen molar-refractivity contribution in [1.82, 2.24) is 0 Å². The van der Waals surface area contributed by atoms with Crippen molar-refractivity contribution in [2.45, 2.75) is 39.2 Å². The highest BCUT2D eigenvalue weighted by atomic mass is 35.5. The monoisotopic (exact) mass is 533 g/mol. The van der Waals surface area contributed by atoms with Crippen LogP contribution in [-0.2, 0) is 10.2 Å². The summed E-state index contributed by atoms with van der Waals surface area (Å²) in [5, 5.41) is 12.7. The largest absolute Gasteiger partial charge is 0.503 e. The normalized spacial score (nSPS) is 16.2. The number of Topliss-reactive ketones (excluding diaryl/α,β-unsaturated/α-hetero) is 1. The third kappa shape index (κ3) is 4.43. The van der Waals surface area contributed by atoms with Gasteiger partial charge in [0, 0.05) is 21.1 Å². The number of aliphatic hydroxyl groups is 1. The Labute approximate surface area is 224 Å². The number of hydrogen-bond acceptors (Lipinski definition) is 4. The van der Waals surface area contributed by atoms with E-state index in [9.17, 15) is 14.7 Å². The van der Waals surface area contributed by atoms with Gasteiger partial charge in [-0.2, -0.15) is 0 Å². The fourth-order valence-corrected chi connectivity index (χ4v) is 5.01. The average molecular weight is 534 g/mol. The number of aliphatic hydroxyl groups excluding tert-OH is 1. The van der Waals surface area contributed by atoms with E-state index >= 15 is 0 Å². The van der Waals surface area contributed by atoms with Crippen LogP contribution in [0.2, 0.25) is 10.0 Å². The van der Waals surface area contributed by atoms with Crippen LogP contribution in [0, 0.1) is 6.92 Å². The quantitative estimate of drug-likeness (QED) is 0.269. The molecule has 0 fully saturated rings. The van der Waals surface area contributed by atoms with Crippen LogP contribution in [0.3, 0.4) is 0 Å². The third-order valence-corrected chi connectivity index (χ3v) is 7.15. The molecule has 2 heterocycles. The summed E-state index contributed by atoms with van der Waals surface area (Å²) in [4.78, 5) is 28.8. The highest BCUT2D eigenvalue weighted by Gasteiger charge is 2.46. The molecule has 7 heteroatoms. The van der Waals surface area contributed by atoms with Crippen LogP contribution >= 0.6 is 23.2 Å². The number of carbonyl (C=O) groups is 2. The Balaban J connectivity index is 1.68. The molecule has 1 aliphatic rings. The van der Waals surface area contributed by atoms with E-state index in [1.54, 1.807) is 42.5 Å². The molecule has 188 valence electrons. The minimum atomic E-state index is -0.886. The number of fused-ring (bicyclic) bond motifs is 1. The van der Waals surface area contributed by atoms with Gasteiger partial charge in [-0.25, -0.2) is 0 Å². The second kappa shape index (κ2) is 9.09. The molecule has 0 spiro atoms. The van der Waals surface area contributed by atoms with Crippen LogP contribution in [0.1, 0.15) is 54.1 Å². The molecule has 5 nitrogen and oxygen atoms in total. The molecule has 0 saturated carbocycles. The molecule has 1 unspecified atom stereocenters. The van der Waals surface area contributed by atoms with Gasteiger partial charge >= 0.3 is 0 Å². The Kier molecular flexibility index (Phi) is 6.17. The lowest BCUT2D eigenvalue weighted by Crippen LogP contribution is -2.31. The zero-order valence-corrected chi connectivity index (χ0v) is 22.3. The molecular formula is C30H25Cl2NO4. The Hall–Kier alpha value is -3.54. The van der Waals surface area contributed by atoms with Gasteiger partial charge in [0.15, 0.2) is 11.5 Å². The molecule has 1 amide bonds. The summed E-state index contributed by atoms with van der Waals surface area (Å²) >= 11 is 12.4. The second-order valence-electron chi connectivity index (χ2n) is 10.3. The van der Waals surface area contributed by atoms with Crippen LogP contribution in [0.4, 0.5) is 5.69 Å². The van der Waals surface area contributed by atoms with Gasteiger partial charge in [0.1, 0.15) is 5.58 Å². The summed E-state index contributed by atoms with van der Waals surface area (Å²) in [7, 11) is 0. The van der Waals surface area contributed by atoms with Crippen molar-refractivity contribution in [3.63, 3.8) is 0 Å². The summed E-state index contributed by atoms with van der Waals surface area (Å²) < 4.78 is 5.81. The van der Waals surface area contributed by atoms with Crippen LogP contribution in [-0.4, -0.2) is 16.8 Å². The van der Waals surface area contributed by atoms with Crippen molar-refractivity contribution in [1.29, 1.82) is 0 Å². The highest BCUT2D eigenvalue weighted by Crippen LogP contribution is 2.44. The molecule has 1 aromatic heterocycles. The van der Waals surface area contributed by atoms with E-state index in [2.05, 4.69) is 20.8 Å². The van der Waals surface area contributed by atoms with Gasteiger partial charge in [-0.05, 0) is 65.4 Å². The maximum Gasteiger partial charge on any atom is 0.294 e. The van der Waals surface area contributed by atoms with Crippen molar-refractivity contribution in [2.75, 3.05) is 4.90 Å². The van der Waals surface area contributed by atoms with E-state index in [1.807, 2.05) is 31.2 Å². The predicted molar refractivity (Wildman–Crippen MR) is 147 cm³/mol. The van der Waals surface area contributed by atoms with E-state index in [1.165, 1.54) is 4.90 Å². The van der Waals surface area contributed by atoms with Crippen LogP contribution in [0.5, 0.6) is 0 Å². The number of carbonyl (C=O) groups excluding carboxylic acids is 2. The zero-order chi connectivity index (χ0) is 26.6. The summed E-state index contributed by atoms with van der Waals surface area (Å²) in [5.41, 5.74) is 3.39. The maximum absolute atomic E-state index is 13.8. The van der Waals surface area contributed by atoms with Crippen LogP contribution < -0.4 is 4.90 Å². The molecular weight excluding hydrogens is 509 g/mol. The number of ketones is 1. The zero-order valence-electron chi connectivity index (χ0n) is 20.8. The lowest BCUT2D eigenvalue weighted by Gasteiger charge is -2.29. The number of amides is 1. The smallest absolute Gasteiger partial charge is 0.294 e. The first-order valence-electron chi connectivity index (χ1n) is 11.8. The molecule has 0 radical (unpaired) electrons. The van der Waals surface area contributed by atoms with Gasteiger partial charge in [-0.3, -0.25) is 14.5 Å². The van der Waals surface area contributed by atoms with Crippen molar-refractivity contribution in [3.8, 4) is 0 Å². The second-order valence-corrected chi connectivity index (χ2v) is 11.1. The summed E-state index contributed by atoms with van der Waals surface area (Å²) in [6.45, 7) is 8.17. The fourth-order valence-electron chi connectivity index (χ4n) is 4.67. The molecule has 0 saturated heterocycles. The molecule has 1 atom stereocenters. The fraction of sp³-hybridized carbons (Fsp3) is 0.200. The summed E-state index contributed by atoms with van der Waals surface area (Å²) in [5.74, 6) is -1.87. The number of hydrogen-bond donors (Lipinski definition) is 1. The minimum Gasteiger partial charge on any atom is -0.503 e. The minimum absolute atomic E-state index is 0.00703. The van der Waals surface area contributed by atoms with Crippen molar-refractivity contribution >= 4 is 51.5 Å². The maximum atomic E-state index is 13.8. The van der Waals surface area contributed by atoms with Crippen molar-refractivity contribution < 1.29 is 19.1 Å². The SMILES string of the molecule is Cc1ccc(Cl)cc1N1C(=O)C(O)=C(C(=O)c2cc3cc(Cl)ccc3o2)C1c1ccc(C(C)(C)C)cc1. The van der Waals surface area contributed by atoms with E-state index in [-0.39, 0.29) is 16.7 Å². The average Bonchev–Trinajstić information content (AvgIpc) is 3.38. The van der Waals surface area contributed by atoms with E-state index in [0.717, 1.165) is 11.1 Å². The topological polar surface area (TPSA) is 70.8 Å². The molecule has 5 rings (SSSR count). The first kappa shape index (κ1) is 25.1. The first-order chi connectivity index (χ1) is 17.5. The lowest BCUT2D eigenvalue weighted by atomic mass is 9.85. The predicted octanol–water partition coefficient (Wildman–Crippen LogP) is 8.13. The molecule has 1 aliphatic heterocycles. The van der Waals surface area contributed by atoms with Gasteiger partial charge < -0.3 is 9.52 Å². The van der Waals surface area contributed by atoms with Gasteiger partial charge in [-0.1, -0.05) is 74.3 Å². The number of rotatable bonds is 4. The van der Waals surface area contributed by atoms with Gasteiger partial charge in [-0.15, -0.1) is 0 Å². The van der Waals surface area contributed by atoms with Gasteiger partial charge in [0.05, 0.1) is 11.6 Å². The Bertz CT molecular complexity index is 1590. The van der Waals surface area contributed by atoms with Crippen LogP contribution in [0.15, 0.2) is 82.5 Å². The van der Waals surface area contributed by atoms with E-state index in [4.69, 9.17) is 27.6 Å². The Morgan fingerprint density at radius 3 is 2.27 bits per heavy atom. The van der Waals surface area contributed by atoms with Gasteiger partial charge in [0.25, 0.3) is 5.91 Å². The Morgan fingerprint density at radius 2 is 1.59 bits per heavy atom. The van der Waals surface area contributed by atoms with Crippen LogP contribution in [0.25, 0.3) is 11.0 Å². The molecule has 37 heavy (non-hydrogen) atoms. The number of halogens is 2. The molecule has 3 aromatic carbocycles. The van der Waals surface area contributed by atoms with E-state index in [0.29, 0.717) is 32.3 Å². The molecule has 1 N–H and O–H groups in total. The van der Waals surface area contributed by atoms with Crippen molar-refractivity contribution in [2.24, 2.45) is 0 Å². The lowest BCUT2D eigenvalue weighted by molar-refractivity contribution is -0.117. The van der Waals surface area contributed by atoms with E-state index < -0.39 is 23.5 Å². The number of aryl methyl sites for hydroxylation is 1. The summed E-state index contributed by atoms with van der Waals surface area (Å²) in [6, 6.07) is 18.6. The third-order valence-electron chi connectivity index (χ3n) is 6.68. The number of furan rings is 1. The number of nitrogens with zero attached hydrogens (tertiary/aromatic N) is 1. The first-order valence-corrected chi connectivity index (χ1v) is 12.6. The number of benzene rings is 3. The summed E-state index contributed by atoms with van der Waals surface area (Å²) in [6.07, 6.45) is 0. The Morgan fingerprint density at radius 1 is 0.946 bits per heavy atom. The molecule has 4 aromatic rings. The standard InChI is InChI=1S/C30H25Cl2NO4/c1-16-5-10-21(32)15-22(16)33-26(17-6-8-19(9-7-17)30(2,3)4)25(28(35)29(33)36)27(34)24-14-18-13-20(31)11-12-23(18)37-24/h5-15,26,35H,1-4H3.